The van der Waals surface area contributed by atoms with E-state index in [0.29, 0.717) is 0 Å². The molecular formula is C28H30ClN3O7S. The number of aliphatic carboxylic acids is 1. The van der Waals surface area contributed by atoms with E-state index in [4.69, 9.17) is 16.3 Å². The summed E-state index contributed by atoms with van der Waals surface area (Å²) in [4.78, 5) is 36.3. The first kappa shape index (κ1) is 30.5. The van der Waals surface area contributed by atoms with Gasteiger partial charge in [0.15, 0.2) is 0 Å². The summed E-state index contributed by atoms with van der Waals surface area (Å²) in [5, 5.41) is 15.2. The zero-order valence-electron chi connectivity index (χ0n) is 21.9. The van der Waals surface area contributed by atoms with Gasteiger partial charge in [0.05, 0.1) is 10.6 Å². The zero-order chi connectivity index (χ0) is 29.3. The van der Waals surface area contributed by atoms with E-state index in [-0.39, 0.29) is 40.9 Å². The third-order valence-electron chi connectivity index (χ3n) is 5.71. The van der Waals surface area contributed by atoms with Gasteiger partial charge < -0.3 is 20.5 Å². The van der Waals surface area contributed by atoms with Gasteiger partial charge in [-0.15, -0.1) is 0 Å². The van der Waals surface area contributed by atoms with Crippen LogP contribution in [0.15, 0.2) is 83.8 Å². The Morgan fingerprint density at radius 3 is 2.33 bits per heavy atom. The zero-order valence-corrected chi connectivity index (χ0v) is 23.5. The molecule has 0 radical (unpaired) electrons. The topological polar surface area (TPSA) is 142 Å². The van der Waals surface area contributed by atoms with E-state index in [1.54, 1.807) is 19.9 Å². The predicted octanol–water partition coefficient (Wildman–Crippen LogP) is 4.90. The molecule has 0 bridgehead atoms. The molecule has 0 saturated carbocycles. The summed E-state index contributed by atoms with van der Waals surface area (Å²) >= 11 is 6.09. The molecule has 10 nitrogen and oxygen atoms in total. The van der Waals surface area contributed by atoms with Crippen LogP contribution in [0.2, 0.25) is 5.02 Å². The molecule has 0 aliphatic rings. The molecule has 0 heterocycles. The summed E-state index contributed by atoms with van der Waals surface area (Å²) in [5.74, 6) is -2.38. The second kappa shape index (κ2) is 13.8. The Morgan fingerprint density at radius 2 is 1.68 bits per heavy atom. The number of anilines is 2. The minimum atomic E-state index is -4.41. The molecular weight excluding hydrogens is 558 g/mol. The van der Waals surface area contributed by atoms with E-state index in [2.05, 4.69) is 10.6 Å². The second-order valence-electron chi connectivity index (χ2n) is 9.12. The highest BCUT2D eigenvalue weighted by atomic mass is 35.5. The van der Waals surface area contributed by atoms with Crippen LogP contribution < -0.4 is 14.9 Å². The van der Waals surface area contributed by atoms with Crippen molar-refractivity contribution in [3.63, 3.8) is 0 Å². The van der Waals surface area contributed by atoms with Crippen LogP contribution in [-0.2, 0) is 31.0 Å². The van der Waals surface area contributed by atoms with Crippen LogP contribution in [0.5, 0.6) is 0 Å². The molecule has 2 amide bonds. The van der Waals surface area contributed by atoms with Crippen molar-refractivity contribution in [1.29, 1.82) is 0 Å². The Labute approximate surface area is 238 Å². The monoisotopic (exact) mass is 587 g/mol. The first-order chi connectivity index (χ1) is 19.0. The number of nitrogens with one attached hydrogen (secondary N) is 2. The van der Waals surface area contributed by atoms with Crippen LogP contribution in [0, 0.1) is 5.92 Å². The standard InChI is InChI=1S/C28H30ClN3O7S/c1-19(2)26(27(34)35)32(23-12-6-10-21(29)16-23)40(37,38)24-13-7-11-22(17-24)31-25(33)14-15-30-28(36)39-18-20-8-4-3-5-9-20/h3-13,16-17,19,26H,14-15,18H2,1-2H3,(H,30,36)(H,31,33)(H,34,35). The van der Waals surface area contributed by atoms with E-state index in [9.17, 15) is 27.9 Å². The lowest BCUT2D eigenvalue weighted by Crippen LogP contribution is -2.48. The first-order valence-electron chi connectivity index (χ1n) is 12.4. The summed E-state index contributed by atoms with van der Waals surface area (Å²) in [6, 6.07) is 19.1. The lowest BCUT2D eigenvalue weighted by atomic mass is 10.0. The van der Waals surface area contributed by atoms with Crippen molar-refractivity contribution in [2.45, 2.75) is 37.8 Å². The van der Waals surface area contributed by atoms with Gasteiger partial charge in [0, 0.05) is 23.7 Å². The molecule has 40 heavy (non-hydrogen) atoms. The summed E-state index contributed by atoms with van der Waals surface area (Å²) in [5.41, 5.74) is 1.09. The molecule has 0 saturated heterocycles. The lowest BCUT2D eigenvalue weighted by molar-refractivity contribution is -0.139. The smallest absolute Gasteiger partial charge is 0.407 e. The molecule has 3 N–H and O–H groups in total. The molecule has 0 aliphatic heterocycles. The maximum Gasteiger partial charge on any atom is 0.407 e. The van der Waals surface area contributed by atoms with Crippen LogP contribution >= 0.6 is 11.6 Å². The van der Waals surface area contributed by atoms with Gasteiger partial charge in [-0.1, -0.05) is 67.9 Å². The highest BCUT2D eigenvalue weighted by Gasteiger charge is 2.38. The van der Waals surface area contributed by atoms with Gasteiger partial charge in [-0.2, -0.15) is 0 Å². The lowest BCUT2D eigenvalue weighted by Gasteiger charge is -2.32. The van der Waals surface area contributed by atoms with Crippen LogP contribution in [0.1, 0.15) is 25.8 Å². The van der Waals surface area contributed by atoms with Gasteiger partial charge in [0.1, 0.15) is 12.6 Å². The maximum atomic E-state index is 13.8. The van der Waals surface area contributed by atoms with E-state index < -0.39 is 40.0 Å². The summed E-state index contributed by atoms with van der Waals surface area (Å²) < 4.78 is 33.5. The number of benzene rings is 3. The number of carbonyl (C=O) groups is 3. The van der Waals surface area contributed by atoms with Gasteiger partial charge in [-0.3, -0.25) is 9.10 Å². The number of amides is 2. The third-order valence-corrected chi connectivity index (χ3v) is 7.75. The van der Waals surface area contributed by atoms with Crippen molar-refractivity contribution in [3.8, 4) is 0 Å². The first-order valence-corrected chi connectivity index (χ1v) is 14.2. The summed E-state index contributed by atoms with van der Waals surface area (Å²) in [7, 11) is -4.41. The number of halogens is 1. The number of ether oxygens (including phenoxy) is 1. The van der Waals surface area contributed by atoms with Crippen molar-refractivity contribution >= 4 is 51.0 Å². The Morgan fingerprint density at radius 1 is 0.975 bits per heavy atom. The van der Waals surface area contributed by atoms with Crippen molar-refractivity contribution in [1.82, 2.24) is 5.32 Å². The Bertz CT molecular complexity index is 1450. The average molecular weight is 588 g/mol. The van der Waals surface area contributed by atoms with Gasteiger partial charge in [0.25, 0.3) is 10.0 Å². The highest BCUT2D eigenvalue weighted by molar-refractivity contribution is 7.93. The molecule has 0 aromatic heterocycles. The number of alkyl carbamates (subject to hydrolysis) is 1. The van der Waals surface area contributed by atoms with Gasteiger partial charge in [-0.25, -0.2) is 18.0 Å². The molecule has 212 valence electrons. The number of hydrogen-bond acceptors (Lipinski definition) is 6. The molecule has 12 heteroatoms. The van der Waals surface area contributed by atoms with Gasteiger partial charge in [0.2, 0.25) is 5.91 Å². The third kappa shape index (κ3) is 8.20. The highest BCUT2D eigenvalue weighted by Crippen LogP contribution is 2.31. The number of sulfonamides is 1. The molecule has 1 unspecified atom stereocenters. The minimum Gasteiger partial charge on any atom is -0.480 e. The van der Waals surface area contributed by atoms with Crippen molar-refractivity contribution in [2.24, 2.45) is 5.92 Å². The Balaban J connectivity index is 1.70. The van der Waals surface area contributed by atoms with E-state index in [0.717, 1.165) is 9.87 Å². The predicted molar refractivity (Wildman–Crippen MR) is 152 cm³/mol. The number of rotatable bonds is 12. The average Bonchev–Trinajstić information content (AvgIpc) is 2.90. The molecule has 0 spiro atoms. The fourth-order valence-electron chi connectivity index (χ4n) is 3.84. The Hall–Kier alpha value is -4.09. The quantitative estimate of drug-likeness (QED) is 0.273. The normalized spacial score (nSPS) is 11.9. The molecule has 1 atom stereocenters. The summed E-state index contributed by atoms with van der Waals surface area (Å²) in [6.45, 7) is 3.29. The van der Waals surface area contributed by atoms with Crippen LogP contribution in [0.25, 0.3) is 0 Å². The van der Waals surface area contributed by atoms with Crippen LogP contribution in [0.3, 0.4) is 0 Å². The minimum absolute atomic E-state index is 0.00529. The Kier molecular flexibility index (Phi) is 10.5. The maximum absolute atomic E-state index is 13.8. The van der Waals surface area contributed by atoms with Crippen LogP contribution in [-0.4, -0.2) is 44.1 Å². The second-order valence-corrected chi connectivity index (χ2v) is 11.4. The van der Waals surface area contributed by atoms with Gasteiger partial charge in [-0.05, 0) is 47.9 Å². The molecule has 0 fully saturated rings. The largest absolute Gasteiger partial charge is 0.480 e. The van der Waals surface area contributed by atoms with E-state index in [1.165, 1.54) is 42.5 Å². The molecule has 3 aromatic carbocycles. The van der Waals surface area contributed by atoms with E-state index >= 15 is 0 Å². The SMILES string of the molecule is CC(C)C(C(=O)O)N(c1cccc(Cl)c1)S(=O)(=O)c1cccc(NC(=O)CCNC(=O)OCc2ccccc2)c1. The number of carboxylic acids is 1. The van der Waals surface area contributed by atoms with Crippen LogP contribution in [0.4, 0.5) is 16.2 Å². The molecule has 3 rings (SSSR count). The number of carboxylic acid groups (broad SMARTS) is 1. The van der Waals surface area contributed by atoms with Crippen molar-refractivity contribution < 1.29 is 32.6 Å². The number of nitrogens with zero attached hydrogens (tertiary/aromatic N) is 1. The van der Waals surface area contributed by atoms with E-state index in [1.807, 2.05) is 30.3 Å². The number of hydrogen-bond donors (Lipinski definition) is 3. The van der Waals surface area contributed by atoms with Crippen molar-refractivity contribution in [3.05, 3.63) is 89.4 Å². The fraction of sp³-hybridized carbons (Fsp3) is 0.250. The van der Waals surface area contributed by atoms with Gasteiger partial charge >= 0.3 is 12.1 Å². The molecule has 0 aliphatic carbocycles. The number of carbonyl (C=O) groups excluding carboxylic acids is 2. The fourth-order valence-corrected chi connectivity index (χ4v) is 5.80. The summed E-state index contributed by atoms with van der Waals surface area (Å²) in [6.07, 6.45) is -0.774. The van der Waals surface area contributed by atoms with Crippen molar-refractivity contribution in [2.75, 3.05) is 16.2 Å². The molecule has 3 aromatic rings.